The molecule has 17 heavy (non-hydrogen) atoms. The summed E-state index contributed by atoms with van der Waals surface area (Å²) in [6.07, 6.45) is 8.28. The van der Waals surface area contributed by atoms with E-state index in [4.69, 9.17) is 4.74 Å². The van der Waals surface area contributed by atoms with Crippen molar-refractivity contribution in [3.05, 3.63) is 0 Å². The molecular formula is C12H18N4O. The van der Waals surface area contributed by atoms with Gasteiger partial charge in [0.25, 0.3) is 0 Å². The van der Waals surface area contributed by atoms with Crippen LogP contribution < -0.4 is 5.32 Å². The zero-order valence-electron chi connectivity index (χ0n) is 9.88. The van der Waals surface area contributed by atoms with Crippen LogP contribution >= 0.6 is 0 Å². The van der Waals surface area contributed by atoms with Crippen LogP contribution in [0.1, 0.15) is 25.7 Å². The van der Waals surface area contributed by atoms with Gasteiger partial charge in [-0.1, -0.05) is 0 Å². The SMILES string of the molecule is C1=NC(NC2CCOCC2)=NC2N=CCCC12. The molecule has 0 bridgehead atoms. The monoisotopic (exact) mass is 234 g/mol. The van der Waals surface area contributed by atoms with Gasteiger partial charge in [-0.3, -0.25) is 4.99 Å². The highest BCUT2D eigenvalue weighted by molar-refractivity contribution is 5.91. The Morgan fingerprint density at radius 3 is 3.00 bits per heavy atom. The third kappa shape index (κ3) is 2.54. The summed E-state index contributed by atoms with van der Waals surface area (Å²) in [5.41, 5.74) is 0. The Morgan fingerprint density at radius 2 is 2.12 bits per heavy atom. The van der Waals surface area contributed by atoms with Crippen molar-refractivity contribution in [2.75, 3.05) is 13.2 Å². The molecule has 3 rings (SSSR count). The quantitative estimate of drug-likeness (QED) is 0.736. The minimum atomic E-state index is 0.0589. The van der Waals surface area contributed by atoms with E-state index in [9.17, 15) is 0 Å². The van der Waals surface area contributed by atoms with Crippen molar-refractivity contribution in [1.29, 1.82) is 0 Å². The summed E-state index contributed by atoms with van der Waals surface area (Å²) in [6.45, 7) is 1.66. The Morgan fingerprint density at radius 1 is 1.24 bits per heavy atom. The molecule has 3 aliphatic rings. The molecule has 0 saturated carbocycles. The molecule has 0 aromatic heterocycles. The van der Waals surface area contributed by atoms with Crippen molar-refractivity contribution in [3.8, 4) is 0 Å². The van der Waals surface area contributed by atoms with Crippen LogP contribution in [0.3, 0.4) is 0 Å². The average Bonchev–Trinajstić information content (AvgIpc) is 2.40. The maximum absolute atomic E-state index is 5.33. The van der Waals surface area contributed by atoms with Crippen LogP contribution in [0, 0.1) is 5.92 Å². The first kappa shape index (κ1) is 10.9. The molecule has 0 radical (unpaired) electrons. The lowest BCUT2D eigenvalue weighted by Gasteiger charge is -2.27. The van der Waals surface area contributed by atoms with Gasteiger partial charge in [0.2, 0.25) is 5.96 Å². The maximum Gasteiger partial charge on any atom is 0.220 e. The fourth-order valence-electron chi connectivity index (χ4n) is 2.41. The summed E-state index contributed by atoms with van der Waals surface area (Å²) in [5.74, 6) is 1.15. The standard InChI is InChI=1S/C12H18N4O/c1-2-9-8-14-12(16-11(9)13-5-1)15-10-3-6-17-7-4-10/h5,8-11H,1-4,6-7H2,(H,15,16). The van der Waals surface area contributed by atoms with Crippen LogP contribution in [0.4, 0.5) is 0 Å². The van der Waals surface area contributed by atoms with E-state index in [0.717, 1.165) is 44.9 Å². The second-order valence-corrected chi connectivity index (χ2v) is 4.75. The predicted octanol–water partition coefficient (Wildman–Crippen LogP) is 1.00. The maximum atomic E-state index is 5.33. The number of hydrogen-bond donors (Lipinski definition) is 1. The summed E-state index contributed by atoms with van der Waals surface area (Å²) in [4.78, 5) is 13.4. The minimum Gasteiger partial charge on any atom is -0.381 e. The van der Waals surface area contributed by atoms with Crippen LogP contribution in [0.5, 0.6) is 0 Å². The van der Waals surface area contributed by atoms with Crippen LogP contribution in [0.25, 0.3) is 0 Å². The topological polar surface area (TPSA) is 58.3 Å². The third-order valence-corrected chi connectivity index (χ3v) is 3.47. The molecule has 0 aromatic carbocycles. The van der Waals surface area contributed by atoms with E-state index in [-0.39, 0.29) is 6.17 Å². The number of guanidine groups is 1. The Balaban J connectivity index is 1.63. The van der Waals surface area contributed by atoms with E-state index in [2.05, 4.69) is 20.3 Å². The molecule has 1 fully saturated rings. The molecule has 92 valence electrons. The van der Waals surface area contributed by atoms with Gasteiger partial charge in [-0.25, -0.2) is 9.98 Å². The second kappa shape index (κ2) is 4.96. The van der Waals surface area contributed by atoms with Crippen molar-refractivity contribution in [2.24, 2.45) is 20.9 Å². The van der Waals surface area contributed by atoms with Crippen molar-refractivity contribution >= 4 is 18.4 Å². The molecule has 0 aromatic rings. The first-order valence-corrected chi connectivity index (χ1v) is 6.40. The number of rotatable bonds is 1. The Hall–Kier alpha value is -1.23. The summed E-state index contributed by atoms with van der Waals surface area (Å²) in [7, 11) is 0. The van der Waals surface area contributed by atoms with Gasteiger partial charge in [-0.15, -0.1) is 0 Å². The van der Waals surface area contributed by atoms with Crippen molar-refractivity contribution < 1.29 is 4.74 Å². The number of nitrogens with one attached hydrogen (secondary N) is 1. The minimum absolute atomic E-state index is 0.0589. The van der Waals surface area contributed by atoms with Crippen LogP contribution in [-0.4, -0.2) is 43.8 Å². The summed E-state index contributed by atoms with van der Waals surface area (Å²) in [6, 6.07) is 0.448. The first-order chi connectivity index (χ1) is 8.42. The van der Waals surface area contributed by atoms with E-state index < -0.39 is 0 Å². The highest BCUT2D eigenvalue weighted by Crippen LogP contribution is 2.20. The van der Waals surface area contributed by atoms with E-state index in [1.807, 2.05) is 12.4 Å². The zero-order valence-corrected chi connectivity index (χ0v) is 9.88. The Labute approximate surface area is 101 Å². The molecule has 0 spiro atoms. The molecular weight excluding hydrogens is 216 g/mol. The van der Waals surface area contributed by atoms with Crippen molar-refractivity contribution in [1.82, 2.24) is 5.32 Å². The second-order valence-electron chi connectivity index (χ2n) is 4.75. The molecule has 1 N–H and O–H groups in total. The lowest BCUT2D eigenvalue weighted by molar-refractivity contribution is 0.0823. The highest BCUT2D eigenvalue weighted by atomic mass is 16.5. The van der Waals surface area contributed by atoms with Gasteiger partial charge in [0.15, 0.2) is 6.17 Å². The molecule has 5 heteroatoms. The smallest absolute Gasteiger partial charge is 0.220 e. The molecule has 1 saturated heterocycles. The number of fused-ring (bicyclic) bond motifs is 1. The van der Waals surface area contributed by atoms with E-state index >= 15 is 0 Å². The van der Waals surface area contributed by atoms with Gasteiger partial charge >= 0.3 is 0 Å². The number of aliphatic imine (C=N–C) groups is 3. The van der Waals surface area contributed by atoms with Gasteiger partial charge < -0.3 is 10.1 Å². The normalized spacial score (nSPS) is 33.1. The average molecular weight is 234 g/mol. The Kier molecular flexibility index (Phi) is 3.18. The first-order valence-electron chi connectivity index (χ1n) is 6.40. The zero-order chi connectivity index (χ0) is 11.5. The number of hydrogen-bond acceptors (Lipinski definition) is 5. The lowest BCUT2D eigenvalue weighted by atomic mass is 9.99. The van der Waals surface area contributed by atoms with Crippen LogP contribution in [0.15, 0.2) is 15.0 Å². The van der Waals surface area contributed by atoms with Crippen LogP contribution in [-0.2, 0) is 4.74 Å². The van der Waals surface area contributed by atoms with Crippen molar-refractivity contribution in [2.45, 2.75) is 37.9 Å². The van der Waals surface area contributed by atoms with Gasteiger partial charge in [-0.05, 0) is 25.7 Å². The summed E-state index contributed by atoms with van der Waals surface area (Å²) < 4.78 is 5.33. The van der Waals surface area contributed by atoms with E-state index in [0.29, 0.717) is 12.0 Å². The molecule has 0 aliphatic carbocycles. The molecule has 3 heterocycles. The lowest BCUT2D eigenvalue weighted by Crippen LogP contribution is -2.41. The van der Waals surface area contributed by atoms with Gasteiger partial charge in [0.1, 0.15) is 0 Å². The third-order valence-electron chi connectivity index (χ3n) is 3.47. The fourth-order valence-corrected chi connectivity index (χ4v) is 2.41. The Bertz CT molecular complexity index is 358. The van der Waals surface area contributed by atoms with Gasteiger partial charge in [0, 0.05) is 37.6 Å². The summed E-state index contributed by atoms with van der Waals surface area (Å²) in [5, 5.41) is 3.39. The van der Waals surface area contributed by atoms with E-state index in [1.165, 1.54) is 0 Å². The van der Waals surface area contributed by atoms with Gasteiger partial charge in [-0.2, -0.15) is 0 Å². The molecule has 2 unspecified atom stereocenters. The molecule has 5 nitrogen and oxygen atoms in total. The molecule has 2 atom stereocenters. The highest BCUT2D eigenvalue weighted by Gasteiger charge is 2.25. The largest absolute Gasteiger partial charge is 0.381 e. The fraction of sp³-hybridized carbons (Fsp3) is 0.750. The van der Waals surface area contributed by atoms with Crippen molar-refractivity contribution in [3.63, 3.8) is 0 Å². The van der Waals surface area contributed by atoms with E-state index in [1.54, 1.807) is 0 Å². The predicted molar refractivity (Wildman–Crippen MR) is 67.9 cm³/mol. The van der Waals surface area contributed by atoms with Crippen LogP contribution in [0.2, 0.25) is 0 Å². The summed E-state index contributed by atoms with van der Waals surface area (Å²) >= 11 is 0. The number of ether oxygens (including phenoxy) is 1. The molecule has 3 aliphatic heterocycles. The van der Waals surface area contributed by atoms with Gasteiger partial charge in [0.05, 0.1) is 0 Å². The number of nitrogens with zero attached hydrogens (tertiary/aromatic N) is 3. The molecule has 0 amide bonds.